The van der Waals surface area contributed by atoms with Gasteiger partial charge in [-0.2, -0.15) is 0 Å². The smallest absolute Gasteiger partial charge is 0.263 e. The Labute approximate surface area is 182 Å². The van der Waals surface area contributed by atoms with Crippen LogP contribution < -0.4 is 10.5 Å². The summed E-state index contributed by atoms with van der Waals surface area (Å²) in [5.41, 5.74) is 2.37. The number of aliphatic hydroxyl groups excluding tert-OH is 1. The topological polar surface area (TPSA) is 91.6 Å². The van der Waals surface area contributed by atoms with Gasteiger partial charge in [-0.1, -0.05) is 0 Å². The number of aromatic nitrogens is 3. The van der Waals surface area contributed by atoms with Crippen LogP contribution in [0.3, 0.4) is 0 Å². The summed E-state index contributed by atoms with van der Waals surface area (Å²) in [5, 5.41) is 10.6. The molecule has 2 saturated heterocycles. The molecule has 1 atom stereocenters. The van der Waals surface area contributed by atoms with Gasteiger partial charge in [-0.05, 0) is 57.1 Å². The molecule has 1 spiro atoms. The first kappa shape index (κ1) is 21.5. The molecule has 1 unspecified atom stereocenters. The van der Waals surface area contributed by atoms with Crippen molar-refractivity contribution in [1.82, 2.24) is 19.4 Å². The van der Waals surface area contributed by atoms with Crippen LogP contribution in [0.4, 0.5) is 5.82 Å². The van der Waals surface area contributed by atoms with Gasteiger partial charge in [0.05, 0.1) is 11.8 Å². The monoisotopic (exact) mass is 425 g/mol. The molecule has 31 heavy (non-hydrogen) atoms. The third kappa shape index (κ3) is 3.96. The predicted octanol–water partition coefficient (Wildman–Crippen LogP) is 1.59. The minimum absolute atomic E-state index is 0.0777. The molecule has 0 bridgehead atoms. The Balaban J connectivity index is 1.51. The highest BCUT2D eigenvalue weighted by atomic mass is 16.3. The summed E-state index contributed by atoms with van der Waals surface area (Å²) >= 11 is 0. The van der Waals surface area contributed by atoms with Crippen LogP contribution in [0.2, 0.25) is 0 Å². The van der Waals surface area contributed by atoms with E-state index in [4.69, 9.17) is 0 Å². The number of hydrogen-bond donors (Lipinski definition) is 1. The number of piperidine rings is 2. The number of hydrogen-bond acceptors (Lipinski definition) is 6. The molecule has 8 heteroatoms. The molecule has 2 aliphatic heterocycles. The quantitative estimate of drug-likeness (QED) is 0.786. The van der Waals surface area contributed by atoms with Crippen molar-refractivity contribution in [2.45, 2.75) is 46.1 Å². The fraction of sp³-hybridized carbons (Fsp3) is 0.565. The van der Waals surface area contributed by atoms with Gasteiger partial charge in [0.15, 0.2) is 0 Å². The highest BCUT2D eigenvalue weighted by Gasteiger charge is 2.43. The van der Waals surface area contributed by atoms with Gasteiger partial charge in [0.25, 0.3) is 11.5 Å². The lowest BCUT2D eigenvalue weighted by atomic mass is 9.71. The molecule has 2 aliphatic rings. The summed E-state index contributed by atoms with van der Waals surface area (Å²) in [4.78, 5) is 38.7. The molecule has 0 aromatic carbocycles. The summed E-state index contributed by atoms with van der Waals surface area (Å²) < 4.78 is 1.53. The van der Waals surface area contributed by atoms with E-state index in [1.807, 2.05) is 26.8 Å². The molecule has 0 saturated carbocycles. The van der Waals surface area contributed by atoms with Crippen LogP contribution in [0.25, 0.3) is 0 Å². The number of carbonyl (C=O) groups excluding carboxylic acids is 1. The first-order chi connectivity index (χ1) is 14.7. The fourth-order valence-electron chi connectivity index (χ4n) is 5.17. The van der Waals surface area contributed by atoms with Crippen LogP contribution in [-0.2, 0) is 7.05 Å². The van der Waals surface area contributed by atoms with E-state index >= 15 is 0 Å². The summed E-state index contributed by atoms with van der Waals surface area (Å²) in [6.45, 7) is 8.11. The van der Waals surface area contributed by atoms with Crippen LogP contribution in [0, 0.1) is 26.2 Å². The van der Waals surface area contributed by atoms with Gasteiger partial charge in [-0.15, -0.1) is 0 Å². The van der Waals surface area contributed by atoms with Crippen molar-refractivity contribution in [3.63, 3.8) is 0 Å². The number of likely N-dealkylation sites (tertiary alicyclic amines) is 1. The Morgan fingerprint density at radius 3 is 2.52 bits per heavy atom. The zero-order chi connectivity index (χ0) is 22.3. The van der Waals surface area contributed by atoms with Crippen LogP contribution >= 0.6 is 0 Å². The van der Waals surface area contributed by atoms with E-state index in [0.29, 0.717) is 19.6 Å². The van der Waals surface area contributed by atoms with Crippen molar-refractivity contribution >= 4 is 11.7 Å². The number of carbonyl (C=O) groups is 1. The third-order valence-electron chi connectivity index (χ3n) is 6.97. The average molecular weight is 426 g/mol. The average Bonchev–Trinajstić information content (AvgIpc) is 2.72. The van der Waals surface area contributed by atoms with E-state index in [9.17, 15) is 14.7 Å². The largest absolute Gasteiger partial charge is 0.391 e. The number of rotatable bonds is 2. The van der Waals surface area contributed by atoms with Crippen LogP contribution in [0.15, 0.2) is 23.3 Å². The van der Waals surface area contributed by atoms with Gasteiger partial charge >= 0.3 is 0 Å². The SMILES string of the molecule is Cc1cc(C)n(C)c(=O)c1C(=O)N1CCC2(CC1)CC(O)CN(c1nccnc1C)C2. The highest BCUT2D eigenvalue weighted by molar-refractivity contribution is 5.95. The number of β-amino-alcohol motifs (C(OH)–C–C–N with tert-alkyl or cyclic N) is 1. The van der Waals surface area contributed by atoms with E-state index in [1.165, 1.54) is 4.57 Å². The zero-order valence-electron chi connectivity index (χ0n) is 18.8. The number of anilines is 1. The Hall–Kier alpha value is -2.74. The normalized spacial score (nSPS) is 20.9. The van der Waals surface area contributed by atoms with Crippen LogP contribution in [0.1, 0.15) is 46.6 Å². The second kappa shape index (κ2) is 8.07. The molecule has 2 fully saturated rings. The lowest BCUT2D eigenvalue weighted by Crippen LogP contribution is -2.55. The van der Waals surface area contributed by atoms with E-state index in [2.05, 4.69) is 14.9 Å². The Morgan fingerprint density at radius 2 is 1.84 bits per heavy atom. The molecule has 4 heterocycles. The predicted molar refractivity (Wildman–Crippen MR) is 118 cm³/mol. The molecule has 0 radical (unpaired) electrons. The van der Waals surface area contributed by atoms with Crippen molar-refractivity contribution < 1.29 is 9.90 Å². The summed E-state index contributed by atoms with van der Waals surface area (Å²) in [6, 6.07) is 1.89. The van der Waals surface area contributed by atoms with Crippen molar-refractivity contribution in [2.75, 3.05) is 31.1 Å². The standard InChI is InChI=1S/C23H31N5O3/c1-15-11-16(2)26(4)21(30)19(15)22(31)27-9-5-23(6-10-27)12-18(29)13-28(14-23)20-17(3)24-7-8-25-20/h7-8,11,18,29H,5-6,9-10,12-14H2,1-4H3. The van der Waals surface area contributed by atoms with Gasteiger partial charge < -0.3 is 19.5 Å². The van der Waals surface area contributed by atoms with Crippen LogP contribution in [-0.4, -0.2) is 62.7 Å². The molecule has 2 aromatic rings. The Kier molecular flexibility index (Phi) is 5.60. The van der Waals surface area contributed by atoms with Crippen molar-refractivity contribution in [2.24, 2.45) is 12.5 Å². The van der Waals surface area contributed by atoms with Gasteiger partial charge in [0.2, 0.25) is 0 Å². The van der Waals surface area contributed by atoms with Gasteiger partial charge in [0.1, 0.15) is 11.4 Å². The Morgan fingerprint density at radius 1 is 1.16 bits per heavy atom. The number of pyridine rings is 1. The molecule has 2 aromatic heterocycles. The number of nitrogens with zero attached hydrogens (tertiary/aromatic N) is 5. The molecule has 4 rings (SSSR count). The van der Waals surface area contributed by atoms with Crippen molar-refractivity contribution in [3.8, 4) is 0 Å². The lowest BCUT2D eigenvalue weighted by molar-refractivity contribution is 0.0245. The Bertz CT molecular complexity index is 1060. The molecule has 8 nitrogen and oxygen atoms in total. The minimum Gasteiger partial charge on any atom is -0.391 e. The number of aliphatic hydroxyl groups is 1. The maximum atomic E-state index is 13.2. The maximum absolute atomic E-state index is 13.2. The third-order valence-corrected chi connectivity index (χ3v) is 6.97. The molecule has 0 aliphatic carbocycles. The molecule has 1 amide bonds. The lowest BCUT2D eigenvalue weighted by Gasteiger charge is -2.49. The summed E-state index contributed by atoms with van der Waals surface area (Å²) in [7, 11) is 1.70. The van der Waals surface area contributed by atoms with E-state index in [-0.39, 0.29) is 22.4 Å². The number of amides is 1. The van der Waals surface area contributed by atoms with Gasteiger partial charge in [0, 0.05) is 51.3 Å². The van der Waals surface area contributed by atoms with Crippen molar-refractivity contribution in [3.05, 3.63) is 51.3 Å². The highest BCUT2D eigenvalue weighted by Crippen LogP contribution is 2.41. The van der Waals surface area contributed by atoms with Crippen molar-refractivity contribution in [1.29, 1.82) is 0 Å². The molecule has 166 valence electrons. The zero-order valence-corrected chi connectivity index (χ0v) is 18.8. The molecular weight excluding hydrogens is 394 g/mol. The second-order valence-corrected chi connectivity index (χ2v) is 9.20. The maximum Gasteiger partial charge on any atom is 0.263 e. The summed E-state index contributed by atoms with van der Waals surface area (Å²) in [5.74, 6) is 0.629. The van der Waals surface area contributed by atoms with E-state index in [1.54, 1.807) is 24.3 Å². The first-order valence-electron chi connectivity index (χ1n) is 10.9. The first-order valence-corrected chi connectivity index (χ1v) is 10.9. The van der Waals surface area contributed by atoms with E-state index < -0.39 is 6.10 Å². The second-order valence-electron chi connectivity index (χ2n) is 9.20. The van der Waals surface area contributed by atoms with Gasteiger partial charge in [-0.3, -0.25) is 14.6 Å². The van der Waals surface area contributed by atoms with Gasteiger partial charge in [-0.25, -0.2) is 4.98 Å². The fourth-order valence-corrected chi connectivity index (χ4v) is 5.17. The molecule has 1 N–H and O–H groups in total. The van der Waals surface area contributed by atoms with Crippen LogP contribution in [0.5, 0.6) is 0 Å². The number of aryl methyl sites for hydroxylation is 3. The van der Waals surface area contributed by atoms with E-state index in [0.717, 1.165) is 48.6 Å². The molecular formula is C23H31N5O3. The summed E-state index contributed by atoms with van der Waals surface area (Å²) in [6.07, 6.45) is 5.21. The minimum atomic E-state index is -0.441.